The van der Waals surface area contributed by atoms with Crippen molar-refractivity contribution in [2.24, 2.45) is 0 Å². The van der Waals surface area contributed by atoms with Crippen LogP contribution in [-0.2, 0) is 29.5 Å². The second kappa shape index (κ2) is 9.07. The van der Waals surface area contributed by atoms with Gasteiger partial charge < -0.3 is 0 Å². The summed E-state index contributed by atoms with van der Waals surface area (Å²) in [7, 11) is -14.4. The van der Waals surface area contributed by atoms with Crippen LogP contribution in [0.5, 0.6) is 0 Å². The summed E-state index contributed by atoms with van der Waals surface area (Å²) in [6.45, 7) is 0. The summed E-state index contributed by atoms with van der Waals surface area (Å²) in [5, 5.41) is 17.3. The van der Waals surface area contributed by atoms with Gasteiger partial charge in [0.2, 0.25) is 19.7 Å². The molecule has 0 amide bonds. The Morgan fingerprint density at radius 1 is 0.613 bits per heavy atom. The summed E-state index contributed by atoms with van der Waals surface area (Å²) >= 11 is 0. The van der Waals surface area contributed by atoms with Gasteiger partial charge in [0.25, 0.3) is 0 Å². The third-order valence-corrected chi connectivity index (χ3v) is 10.2. The molecule has 0 saturated carbocycles. The lowest BCUT2D eigenvalue weighted by Gasteiger charge is -2.14. The summed E-state index contributed by atoms with van der Waals surface area (Å²) in [6.07, 6.45) is 0. The number of benzene rings is 2. The summed E-state index contributed by atoms with van der Waals surface area (Å²) in [6, 6.07) is 12.1. The molecule has 0 N–H and O–H groups in total. The zero-order valence-electron chi connectivity index (χ0n) is 15.5. The molecule has 0 saturated heterocycles. The zero-order chi connectivity index (χ0) is 23.4. The standard InChI is InChI=1S/C16H16N2O10S3/c19-17(20)15(30(25,26)13-7-3-1-4-8-13)11-29(23,24)12-16(18(21)22)31(27,28)14-9-5-2-6-10-14/h1-10,15-16H,11-12H2. The van der Waals surface area contributed by atoms with Gasteiger partial charge in [-0.3, -0.25) is 20.2 Å². The topological polar surface area (TPSA) is 189 Å². The Morgan fingerprint density at radius 2 is 0.903 bits per heavy atom. The molecule has 2 aromatic carbocycles. The highest BCUT2D eigenvalue weighted by atomic mass is 32.2. The lowest BCUT2D eigenvalue weighted by atomic mass is 10.4. The van der Waals surface area contributed by atoms with E-state index in [9.17, 15) is 45.5 Å². The van der Waals surface area contributed by atoms with E-state index >= 15 is 0 Å². The van der Waals surface area contributed by atoms with Gasteiger partial charge >= 0.3 is 10.7 Å². The van der Waals surface area contributed by atoms with Crippen LogP contribution < -0.4 is 0 Å². The Labute approximate surface area is 177 Å². The quantitative estimate of drug-likeness (QED) is 0.334. The maximum Gasteiger partial charge on any atom is 0.328 e. The van der Waals surface area contributed by atoms with Gasteiger partial charge in [-0.05, 0) is 24.3 Å². The van der Waals surface area contributed by atoms with E-state index in [1.54, 1.807) is 0 Å². The molecule has 168 valence electrons. The molecule has 0 fully saturated rings. The van der Waals surface area contributed by atoms with Crippen molar-refractivity contribution in [1.29, 1.82) is 0 Å². The van der Waals surface area contributed by atoms with Crippen molar-refractivity contribution in [2.45, 2.75) is 20.5 Å². The predicted molar refractivity (Wildman–Crippen MR) is 107 cm³/mol. The molecule has 0 aliphatic rings. The van der Waals surface area contributed by atoms with Crippen LogP contribution in [0.1, 0.15) is 0 Å². The van der Waals surface area contributed by atoms with E-state index in [0.717, 1.165) is 24.3 Å². The van der Waals surface area contributed by atoms with Crippen LogP contribution in [0, 0.1) is 20.2 Å². The minimum absolute atomic E-state index is 0.519. The van der Waals surface area contributed by atoms with Crippen LogP contribution >= 0.6 is 0 Å². The Bertz CT molecular complexity index is 1180. The summed E-state index contributed by atoms with van der Waals surface area (Å²) in [4.78, 5) is 19.0. The minimum Gasteiger partial charge on any atom is -0.263 e. The molecule has 15 heteroatoms. The molecule has 0 aliphatic carbocycles. The molecule has 2 aromatic rings. The molecule has 2 unspecified atom stereocenters. The van der Waals surface area contributed by atoms with Crippen LogP contribution in [-0.4, -0.2) is 57.4 Å². The van der Waals surface area contributed by atoms with Crippen molar-refractivity contribution >= 4 is 29.5 Å². The third kappa shape index (κ3) is 5.62. The van der Waals surface area contributed by atoms with Crippen LogP contribution in [0.3, 0.4) is 0 Å². The fraction of sp³-hybridized carbons (Fsp3) is 0.250. The number of hydrogen-bond donors (Lipinski definition) is 0. The molecular formula is C16H16N2O10S3. The number of sulfone groups is 3. The van der Waals surface area contributed by atoms with Gasteiger partial charge in [-0.25, -0.2) is 25.3 Å². The van der Waals surface area contributed by atoms with E-state index in [1.807, 2.05) is 0 Å². The van der Waals surface area contributed by atoms with E-state index in [0.29, 0.717) is 0 Å². The first kappa shape index (κ1) is 24.4. The second-order valence-electron chi connectivity index (χ2n) is 6.27. The molecule has 2 atom stereocenters. The highest BCUT2D eigenvalue weighted by Gasteiger charge is 2.46. The first-order chi connectivity index (χ1) is 14.3. The van der Waals surface area contributed by atoms with Gasteiger partial charge in [-0.15, -0.1) is 0 Å². The van der Waals surface area contributed by atoms with E-state index in [2.05, 4.69) is 0 Å². The maximum atomic E-state index is 12.5. The van der Waals surface area contributed by atoms with Gasteiger partial charge in [-0.1, -0.05) is 36.4 Å². The highest BCUT2D eigenvalue weighted by molar-refractivity contribution is 7.97. The average Bonchev–Trinajstić information content (AvgIpc) is 2.71. The Hall–Kier alpha value is -2.91. The number of nitro groups is 2. The third-order valence-electron chi connectivity index (χ3n) is 4.12. The van der Waals surface area contributed by atoms with Crippen LogP contribution in [0.2, 0.25) is 0 Å². The number of rotatable bonds is 10. The molecule has 0 heterocycles. The molecule has 0 aliphatic heterocycles. The summed E-state index contributed by atoms with van der Waals surface area (Å²) in [5.41, 5.74) is 0. The normalized spacial score (nSPS) is 14.5. The van der Waals surface area contributed by atoms with Gasteiger partial charge in [0.05, 0.1) is 9.79 Å². The van der Waals surface area contributed by atoms with Crippen LogP contribution in [0.25, 0.3) is 0 Å². The minimum atomic E-state index is -4.89. The van der Waals surface area contributed by atoms with Crippen LogP contribution in [0.15, 0.2) is 70.5 Å². The SMILES string of the molecule is O=[N+]([O-])C(CS(=O)(=O)CC([N+](=O)[O-])S(=O)(=O)c1ccccc1)S(=O)(=O)c1ccccc1. The molecule has 0 aromatic heterocycles. The van der Waals surface area contributed by atoms with E-state index in [-0.39, 0.29) is 0 Å². The van der Waals surface area contributed by atoms with Crippen molar-refractivity contribution < 1.29 is 35.1 Å². The highest BCUT2D eigenvalue weighted by Crippen LogP contribution is 2.21. The van der Waals surface area contributed by atoms with Crippen molar-refractivity contribution in [3.8, 4) is 0 Å². The zero-order valence-corrected chi connectivity index (χ0v) is 18.0. The lowest BCUT2D eigenvalue weighted by molar-refractivity contribution is -0.493. The summed E-state index contributed by atoms with van der Waals surface area (Å²) in [5.74, 6) is -3.27. The van der Waals surface area contributed by atoms with Gasteiger partial charge in [0, 0.05) is 9.85 Å². The fourth-order valence-electron chi connectivity index (χ4n) is 2.56. The smallest absolute Gasteiger partial charge is 0.263 e. The largest absolute Gasteiger partial charge is 0.328 e. The van der Waals surface area contributed by atoms with Gasteiger partial charge in [0.15, 0.2) is 9.84 Å². The predicted octanol–water partition coefficient (Wildman–Crippen LogP) is 0.555. The van der Waals surface area contributed by atoms with Crippen molar-refractivity contribution in [2.75, 3.05) is 11.5 Å². The van der Waals surface area contributed by atoms with Crippen LogP contribution in [0.4, 0.5) is 0 Å². The molecule has 31 heavy (non-hydrogen) atoms. The second-order valence-corrected chi connectivity index (χ2v) is 12.6. The Kier molecular flexibility index (Phi) is 7.13. The monoisotopic (exact) mass is 492 g/mol. The molecular weight excluding hydrogens is 476 g/mol. The lowest BCUT2D eigenvalue weighted by Crippen LogP contribution is -2.42. The van der Waals surface area contributed by atoms with E-state index < -0.39 is 71.4 Å². The van der Waals surface area contributed by atoms with Crippen molar-refractivity contribution in [3.05, 3.63) is 80.9 Å². The molecule has 0 bridgehead atoms. The van der Waals surface area contributed by atoms with Gasteiger partial charge in [0.1, 0.15) is 11.5 Å². The fourth-order valence-corrected chi connectivity index (χ4v) is 8.64. The number of hydrogen-bond acceptors (Lipinski definition) is 10. The van der Waals surface area contributed by atoms with Gasteiger partial charge in [-0.2, -0.15) is 0 Å². The molecule has 0 spiro atoms. The van der Waals surface area contributed by atoms with E-state index in [1.165, 1.54) is 36.4 Å². The maximum absolute atomic E-state index is 12.5. The first-order valence-electron chi connectivity index (χ1n) is 8.34. The Morgan fingerprint density at radius 3 is 1.16 bits per heavy atom. The molecule has 12 nitrogen and oxygen atoms in total. The van der Waals surface area contributed by atoms with E-state index in [4.69, 9.17) is 0 Å². The first-order valence-corrected chi connectivity index (χ1v) is 13.3. The molecule has 2 rings (SSSR count). The number of nitrogens with zero attached hydrogens (tertiary/aromatic N) is 2. The average molecular weight is 493 g/mol. The Balaban J connectivity index is 2.40. The molecule has 0 radical (unpaired) electrons. The van der Waals surface area contributed by atoms with Crippen molar-refractivity contribution in [1.82, 2.24) is 0 Å². The summed E-state index contributed by atoms with van der Waals surface area (Å²) < 4.78 is 75.1. The van der Waals surface area contributed by atoms with Crippen molar-refractivity contribution in [3.63, 3.8) is 0 Å².